The van der Waals surface area contributed by atoms with Crippen LogP contribution in [-0.4, -0.2) is 127 Å². The van der Waals surface area contributed by atoms with Crippen LogP contribution < -0.4 is 31.9 Å². The SMILES string of the molecule is CS(=O)(=O)N1CCC(C(=O)N[C@@H](CCCCNC(=O)CCCCCCCCCCNC2CCCC3C(=O)N(C4CCC(=O)NC4=O)C(=O)C23)C(=O)NC2NC(C3CCCCC3)CS2)C1. The maximum Gasteiger partial charge on any atom is 0.249 e. The zero-order chi connectivity index (χ0) is 45.6. The summed E-state index contributed by atoms with van der Waals surface area (Å²) in [6.07, 6.45) is 20.8. The quantitative estimate of drug-likeness (QED) is 0.0607. The molecule has 0 radical (unpaired) electrons. The molecule has 8 atom stereocenters. The highest BCUT2D eigenvalue weighted by Gasteiger charge is 2.55. The number of imide groups is 2. The van der Waals surface area contributed by atoms with Crippen molar-refractivity contribution in [3.05, 3.63) is 0 Å². The van der Waals surface area contributed by atoms with Gasteiger partial charge in [-0.25, -0.2) is 12.7 Å². The van der Waals surface area contributed by atoms with Crippen molar-refractivity contribution < 1.29 is 42.0 Å². The van der Waals surface area contributed by atoms with E-state index in [0.29, 0.717) is 57.0 Å². The number of nitrogens with one attached hydrogen (secondary N) is 6. The molecule has 7 unspecified atom stereocenters. The van der Waals surface area contributed by atoms with Crippen LogP contribution in [0, 0.1) is 23.7 Å². The van der Waals surface area contributed by atoms with Gasteiger partial charge in [-0.05, 0) is 83.1 Å². The fourth-order valence-corrected chi connectivity index (χ4v) is 12.8. The Morgan fingerprint density at radius 2 is 1.53 bits per heavy atom. The third-order valence-corrected chi connectivity index (χ3v) is 16.8. The summed E-state index contributed by atoms with van der Waals surface area (Å²) < 4.78 is 25.4. The number of fused-ring (bicyclic) bond motifs is 1. The maximum absolute atomic E-state index is 13.6. The molecule has 6 N–H and O–H groups in total. The standard InChI is InChI=1S/C45H74N8O9S2/c1-64(61,62)52-27-24-31(28-52)40(56)48-34(41(57)51-45-49-35(29-63-45)30-16-9-8-10-17-30)19-12-14-26-47-37(54)21-11-6-4-2-3-5-7-13-25-46-33-20-15-18-32-39(33)44(60)53(43(32)59)36-22-23-38(55)50-42(36)58/h30-36,39,45-46,49H,2-29H2,1H3,(H,47,54)(H,48,56)(H,51,57)(H,50,55,58)/t31?,32?,33?,34-,35?,36?,39?,45?/m0/s1. The lowest BCUT2D eigenvalue weighted by atomic mass is 9.77. The van der Waals surface area contributed by atoms with E-state index in [-0.39, 0.29) is 72.9 Å². The Bertz CT molecular complexity index is 1760. The number of hydrogen-bond donors (Lipinski definition) is 6. The van der Waals surface area contributed by atoms with E-state index in [4.69, 9.17) is 0 Å². The zero-order valence-corrected chi connectivity index (χ0v) is 39.5. The van der Waals surface area contributed by atoms with E-state index in [0.717, 1.165) is 87.7 Å². The highest BCUT2D eigenvalue weighted by atomic mass is 32.2. The van der Waals surface area contributed by atoms with Crippen LogP contribution >= 0.6 is 11.8 Å². The van der Waals surface area contributed by atoms with Crippen LogP contribution in [0.3, 0.4) is 0 Å². The summed E-state index contributed by atoms with van der Waals surface area (Å²) in [6.45, 7) is 1.66. The number of amides is 7. The van der Waals surface area contributed by atoms with E-state index >= 15 is 0 Å². The third kappa shape index (κ3) is 14.2. The molecule has 6 aliphatic rings. The summed E-state index contributed by atoms with van der Waals surface area (Å²) in [5.74, 6) is -1.82. The second kappa shape index (κ2) is 24.6. The Kier molecular flexibility index (Phi) is 19.3. The van der Waals surface area contributed by atoms with Gasteiger partial charge in [-0.15, -0.1) is 11.8 Å². The van der Waals surface area contributed by atoms with Crippen LogP contribution in [0.25, 0.3) is 0 Å². The molecule has 0 aromatic carbocycles. The van der Waals surface area contributed by atoms with Gasteiger partial charge in [0.1, 0.15) is 17.6 Å². The molecule has 0 spiro atoms. The lowest BCUT2D eigenvalue weighted by molar-refractivity contribution is -0.151. The summed E-state index contributed by atoms with van der Waals surface area (Å²) in [4.78, 5) is 91.2. The molecule has 64 heavy (non-hydrogen) atoms. The number of carbonyl (C=O) groups excluding carboxylic acids is 7. The molecule has 4 heterocycles. The van der Waals surface area contributed by atoms with Gasteiger partial charge in [0, 0.05) is 50.3 Å². The summed E-state index contributed by atoms with van der Waals surface area (Å²) in [7, 11) is -3.40. The van der Waals surface area contributed by atoms with Crippen molar-refractivity contribution in [2.45, 2.75) is 177 Å². The molecule has 17 nitrogen and oxygen atoms in total. The highest BCUT2D eigenvalue weighted by Crippen LogP contribution is 2.40. The highest BCUT2D eigenvalue weighted by molar-refractivity contribution is 8.00. The first kappa shape index (κ1) is 50.3. The Morgan fingerprint density at radius 1 is 0.812 bits per heavy atom. The molecule has 0 aromatic heterocycles. The molecule has 4 saturated heterocycles. The van der Waals surface area contributed by atoms with Gasteiger partial charge in [0.2, 0.25) is 51.4 Å². The number of likely N-dealkylation sites (tertiary alicyclic amines) is 1. The van der Waals surface area contributed by atoms with Gasteiger partial charge in [-0.3, -0.25) is 49.1 Å². The molecule has 4 aliphatic heterocycles. The first-order valence-electron chi connectivity index (χ1n) is 24.4. The van der Waals surface area contributed by atoms with Gasteiger partial charge >= 0.3 is 0 Å². The van der Waals surface area contributed by atoms with Gasteiger partial charge in [0.25, 0.3) is 0 Å². The largest absolute Gasteiger partial charge is 0.356 e. The van der Waals surface area contributed by atoms with Crippen molar-refractivity contribution in [3.8, 4) is 0 Å². The molecule has 6 rings (SSSR count). The van der Waals surface area contributed by atoms with Gasteiger partial charge < -0.3 is 21.3 Å². The molecular formula is C45H74N8O9S2. The molecule has 360 valence electrons. The summed E-state index contributed by atoms with van der Waals surface area (Å²) in [5, 5.41) is 18.5. The van der Waals surface area contributed by atoms with Crippen LogP contribution in [0.5, 0.6) is 0 Å². The Hall–Kier alpha value is -3.13. The maximum atomic E-state index is 13.6. The number of unbranched alkanes of at least 4 members (excludes halogenated alkanes) is 8. The van der Waals surface area contributed by atoms with Crippen LogP contribution in [-0.2, 0) is 43.6 Å². The Morgan fingerprint density at radius 3 is 2.25 bits per heavy atom. The van der Waals surface area contributed by atoms with Gasteiger partial charge in [-0.2, -0.15) is 0 Å². The van der Waals surface area contributed by atoms with Gasteiger partial charge in [0.05, 0.1) is 24.0 Å². The molecule has 7 amide bonds. The fraction of sp³-hybridized carbons (Fsp3) is 0.844. The minimum atomic E-state index is -3.40. The molecule has 6 fully saturated rings. The van der Waals surface area contributed by atoms with Crippen LogP contribution in [0.4, 0.5) is 0 Å². The Balaban J connectivity index is 0.800. The number of thioether (sulfide) groups is 1. The second-order valence-corrected chi connectivity index (χ2v) is 22.2. The molecule has 2 saturated carbocycles. The van der Waals surface area contributed by atoms with E-state index in [1.54, 1.807) is 11.8 Å². The summed E-state index contributed by atoms with van der Waals surface area (Å²) >= 11 is 1.69. The average Bonchev–Trinajstić information content (AvgIpc) is 4.02. The first-order valence-corrected chi connectivity index (χ1v) is 27.3. The number of nitrogens with zero attached hydrogens (tertiary/aromatic N) is 2. The number of rotatable bonds is 24. The number of hydrogen-bond acceptors (Lipinski definition) is 12. The van der Waals surface area contributed by atoms with Crippen molar-refractivity contribution in [1.82, 2.24) is 41.1 Å². The minimum absolute atomic E-state index is 0.0141. The lowest BCUT2D eigenvalue weighted by Crippen LogP contribution is -2.55. The van der Waals surface area contributed by atoms with E-state index < -0.39 is 45.8 Å². The molecule has 2 aliphatic carbocycles. The summed E-state index contributed by atoms with van der Waals surface area (Å²) in [5.41, 5.74) is -0.222. The molecule has 0 aromatic rings. The normalized spacial score (nSPS) is 28.5. The van der Waals surface area contributed by atoms with Gasteiger partial charge in [0.15, 0.2) is 0 Å². The summed E-state index contributed by atoms with van der Waals surface area (Å²) in [6, 6.07) is -1.38. The molecule has 0 bridgehead atoms. The van der Waals surface area contributed by atoms with E-state index in [9.17, 15) is 42.0 Å². The fourth-order valence-electron chi connectivity index (χ4n) is 10.7. The third-order valence-electron chi connectivity index (χ3n) is 14.4. The van der Waals surface area contributed by atoms with E-state index in [1.165, 1.54) is 36.4 Å². The number of sulfonamides is 1. The van der Waals surface area contributed by atoms with Crippen molar-refractivity contribution in [2.24, 2.45) is 23.7 Å². The van der Waals surface area contributed by atoms with E-state index in [1.807, 2.05) is 0 Å². The predicted octanol–water partition coefficient (Wildman–Crippen LogP) is 2.78. The van der Waals surface area contributed by atoms with Gasteiger partial charge in [-0.1, -0.05) is 64.2 Å². The lowest BCUT2D eigenvalue weighted by Gasteiger charge is -2.31. The van der Waals surface area contributed by atoms with Crippen molar-refractivity contribution in [2.75, 3.05) is 38.2 Å². The monoisotopic (exact) mass is 935 g/mol. The topological polar surface area (TPSA) is 232 Å². The number of piperidine rings is 1. The van der Waals surface area contributed by atoms with Crippen molar-refractivity contribution in [3.63, 3.8) is 0 Å². The molecule has 19 heteroatoms. The second-order valence-electron chi connectivity index (χ2n) is 19.1. The van der Waals surface area contributed by atoms with Crippen LogP contribution in [0.2, 0.25) is 0 Å². The van der Waals surface area contributed by atoms with Crippen LogP contribution in [0.15, 0.2) is 0 Å². The smallest absolute Gasteiger partial charge is 0.249 e. The average molecular weight is 935 g/mol. The number of carbonyl (C=O) groups is 7. The van der Waals surface area contributed by atoms with Crippen LogP contribution in [0.1, 0.15) is 148 Å². The van der Waals surface area contributed by atoms with Crippen molar-refractivity contribution >= 4 is 63.1 Å². The molecular weight excluding hydrogens is 861 g/mol. The van der Waals surface area contributed by atoms with E-state index in [2.05, 4.69) is 31.9 Å². The predicted molar refractivity (Wildman–Crippen MR) is 243 cm³/mol. The first-order chi connectivity index (χ1) is 30.8. The Labute approximate surface area is 384 Å². The zero-order valence-electron chi connectivity index (χ0n) is 37.9. The minimum Gasteiger partial charge on any atom is -0.356 e. The van der Waals surface area contributed by atoms with Crippen molar-refractivity contribution in [1.29, 1.82) is 0 Å².